The van der Waals surface area contributed by atoms with E-state index in [1.165, 1.54) is 0 Å². The first-order valence-electron chi connectivity index (χ1n) is 10.2. The third-order valence-electron chi connectivity index (χ3n) is 4.82. The van der Waals surface area contributed by atoms with Crippen molar-refractivity contribution in [2.45, 2.75) is 0 Å². The predicted octanol–water partition coefficient (Wildman–Crippen LogP) is 4.51. The van der Waals surface area contributed by atoms with Crippen LogP contribution in [0.3, 0.4) is 0 Å². The maximum Gasteiger partial charge on any atom is 0.203 e. The molecule has 0 aliphatic rings. The molecule has 0 spiro atoms. The van der Waals surface area contributed by atoms with Crippen LogP contribution in [0.1, 0.15) is 27.8 Å². The van der Waals surface area contributed by atoms with Crippen molar-refractivity contribution < 1.29 is 23.7 Å². The van der Waals surface area contributed by atoms with E-state index in [1.54, 1.807) is 53.7 Å². The molecular formula is C29H24O5. The highest BCUT2D eigenvalue weighted by atomic mass is 16.5. The highest BCUT2D eigenvalue weighted by Gasteiger charge is 2.12. The van der Waals surface area contributed by atoms with Crippen LogP contribution in [-0.4, -0.2) is 35.5 Å². The van der Waals surface area contributed by atoms with Crippen LogP contribution in [0.25, 0.3) is 0 Å². The molecule has 0 fully saturated rings. The molecule has 0 aliphatic carbocycles. The summed E-state index contributed by atoms with van der Waals surface area (Å²) >= 11 is 0. The van der Waals surface area contributed by atoms with Crippen molar-refractivity contribution in [3.8, 4) is 64.8 Å². The molecule has 0 saturated carbocycles. The van der Waals surface area contributed by atoms with Gasteiger partial charge in [0.05, 0.1) is 35.5 Å². The number of methoxy groups -OCH3 is 5. The minimum absolute atomic E-state index is 0.511. The van der Waals surface area contributed by atoms with Gasteiger partial charge in [-0.05, 0) is 42.5 Å². The number of rotatable bonds is 5. The minimum Gasteiger partial charge on any atom is -0.497 e. The molecule has 0 N–H and O–H groups in total. The summed E-state index contributed by atoms with van der Waals surface area (Å²) in [5, 5.41) is 0. The number of hydrogen-bond acceptors (Lipinski definition) is 5. The zero-order valence-corrected chi connectivity index (χ0v) is 19.7. The summed E-state index contributed by atoms with van der Waals surface area (Å²) in [5.74, 6) is 18.1. The van der Waals surface area contributed by atoms with E-state index in [1.807, 2.05) is 30.3 Å². The Balaban J connectivity index is 1.99. The second kappa shape index (κ2) is 11.3. The van der Waals surface area contributed by atoms with Crippen LogP contribution in [0.2, 0.25) is 0 Å². The number of terminal acetylenes is 1. The van der Waals surface area contributed by atoms with E-state index in [-0.39, 0.29) is 0 Å². The van der Waals surface area contributed by atoms with Crippen molar-refractivity contribution in [1.82, 2.24) is 0 Å². The summed E-state index contributed by atoms with van der Waals surface area (Å²) in [6.07, 6.45) is 5.66. The summed E-state index contributed by atoms with van der Waals surface area (Å²) in [6.45, 7) is 0. The van der Waals surface area contributed by atoms with Crippen molar-refractivity contribution >= 4 is 0 Å². The summed E-state index contributed by atoms with van der Waals surface area (Å²) in [5.41, 5.74) is 3.62. The number of ether oxygens (including phenoxy) is 5. The molecule has 0 amide bonds. The first kappa shape index (κ1) is 24.0. The summed E-state index contributed by atoms with van der Waals surface area (Å²) < 4.78 is 26.8. The number of hydrogen-bond donors (Lipinski definition) is 0. The minimum atomic E-state index is 0.511. The second-order valence-electron chi connectivity index (χ2n) is 6.96. The van der Waals surface area contributed by atoms with Gasteiger partial charge >= 0.3 is 0 Å². The normalized spacial score (nSPS) is 9.41. The van der Waals surface area contributed by atoms with E-state index < -0.39 is 0 Å². The van der Waals surface area contributed by atoms with Gasteiger partial charge in [-0.1, -0.05) is 29.6 Å². The maximum atomic E-state index is 5.66. The third kappa shape index (κ3) is 5.77. The summed E-state index contributed by atoms with van der Waals surface area (Å²) in [4.78, 5) is 0. The molecular weight excluding hydrogens is 428 g/mol. The summed E-state index contributed by atoms with van der Waals surface area (Å²) in [7, 11) is 7.88. The topological polar surface area (TPSA) is 46.2 Å². The van der Waals surface area contributed by atoms with Crippen molar-refractivity contribution in [2.24, 2.45) is 0 Å². The fourth-order valence-electron chi connectivity index (χ4n) is 3.18. The van der Waals surface area contributed by atoms with Gasteiger partial charge < -0.3 is 23.7 Å². The molecule has 0 heterocycles. The predicted molar refractivity (Wildman–Crippen MR) is 132 cm³/mol. The van der Waals surface area contributed by atoms with Gasteiger partial charge in [0.1, 0.15) is 11.5 Å². The Bertz CT molecular complexity index is 1310. The van der Waals surface area contributed by atoms with Gasteiger partial charge in [0.15, 0.2) is 11.5 Å². The molecule has 0 unspecified atom stereocenters. The molecule has 3 aromatic carbocycles. The highest BCUT2D eigenvalue weighted by molar-refractivity contribution is 5.59. The Labute approximate surface area is 200 Å². The smallest absolute Gasteiger partial charge is 0.203 e. The van der Waals surface area contributed by atoms with E-state index in [0.29, 0.717) is 39.9 Å². The van der Waals surface area contributed by atoms with Gasteiger partial charge in [-0.2, -0.15) is 0 Å². The first-order valence-corrected chi connectivity index (χ1v) is 10.2. The molecule has 3 rings (SSSR count). The van der Waals surface area contributed by atoms with Gasteiger partial charge in [0.2, 0.25) is 5.75 Å². The largest absolute Gasteiger partial charge is 0.497 e. The zero-order chi connectivity index (χ0) is 24.5. The Morgan fingerprint density at radius 2 is 0.882 bits per heavy atom. The molecule has 0 saturated heterocycles. The quantitative estimate of drug-likeness (QED) is 0.533. The second-order valence-corrected chi connectivity index (χ2v) is 6.96. The van der Waals surface area contributed by atoms with Gasteiger partial charge in [0, 0.05) is 33.9 Å². The monoisotopic (exact) mass is 452 g/mol. The van der Waals surface area contributed by atoms with Crippen LogP contribution in [0.15, 0.2) is 48.5 Å². The lowest BCUT2D eigenvalue weighted by molar-refractivity contribution is 0.324. The van der Waals surface area contributed by atoms with Crippen LogP contribution in [0.5, 0.6) is 28.7 Å². The Kier molecular flexibility index (Phi) is 7.96. The summed E-state index contributed by atoms with van der Waals surface area (Å²) in [6, 6.07) is 14.6. The molecule has 0 bridgehead atoms. The molecule has 3 aromatic rings. The molecule has 0 atom stereocenters. The average Bonchev–Trinajstić information content (AvgIpc) is 2.89. The van der Waals surface area contributed by atoms with Crippen molar-refractivity contribution in [1.29, 1.82) is 0 Å². The van der Waals surface area contributed by atoms with Crippen LogP contribution in [0, 0.1) is 36.0 Å². The lowest BCUT2D eigenvalue weighted by Crippen LogP contribution is -1.95. The van der Waals surface area contributed by atoms with E-state index in [9.17, 15) is 0 Å². The molecule has 0 aliphatic heterocycles. The van der Waals surface area contributed by atoms with Gasteiger partial charge in [0.25, 0.3) is 0 Å². The Morgan fingerprint density at radius 3 is 1.26 bits per heavy atom. The molecule has 5 heteroatoms. The molecule has 0 radical (unpaired) electrons. The van der Waals surface area contributed by atoms with Gasteiger partial charge in [-0.3, -0.25) is 0 Å². The highest BCUT2D eigenvalue weighted by Crippen LogP contribution is 2.38. The van der Waals surface area contributed by atoms with Gasteiger partial charge in [-0.25, -0.2) is 0 Å². The fourth-order valence-corrected chi connectivity index (χ4v) is 3.18. The van der Waals surface area contributed by atoms with Crippen LogP contribution >= 0.6 is 0 Å². The average molecular weight is 453 g/mol. The number of benzene rings is 3. The standard InChI is InChI=1S/C29H24O5/c1-7-20-12-21(8-10-23-15-25(30-2)19-26(16-23)31-3)14-22(13-20)9-11-24-17-27(32-4)29(34-6)28(18-24)33-5/h1,12-19H,2-6H3. The van der Waals surface area contributed by atoms with Crippen LogP contribution in [-0.2, 0) is 0 Å². The van der Waals surface area contributed by atoms with E-state index in [0.717, 1.165) is 16.7 Å². The fraction of sp³-hybridized carbons (Fsp3) is 0.172. The molecule has 34 heavy (non-hydrogen) atoms. The van der Waals surface area contributed by atoms with E-state index in [4.69, 9.17) is 30.1 Å². The van der Waals surface area contributed by atoms with Gasteiger partial charge in [-0.15, -0.1) is 6.42 Å². The third-order valence-corrected chi connectivity index (χ3v) is 4.82. The van der Waals surface area contributed by atoms with Crippen LogP contribution < -0.4 is 23.7 Å². The first-order chi connectivity index (χ1) is 16.5. The van der Waals surface area contributed by atoms with Crippen molar-refractivity contribution in [3.63, 3.8) is 0 Å². The Hall–Kier alpha value is -4.66. The Morgan fingerprint density at radius 1 is 0.471 bits per heavy atom. The molecule has 0 aromatic heterocycles. The SMILES string of the molecule is C#Cc1cc(C#Cc2cc(OC)cc(OC)c2)cc(C#Cc2cc(OC)c(OC)c(OC)c2)c1. The van der Waals surface area contributed by atoms with E-state index >= 15 is 0 Å². The molecule has 170 valence electrons. The zero-order valence-electron chi connectivity index (χ0n) is 19.7. The van der Waals surface area contributed by atoms with Crippen molar-refractivity contribution in [3.05, 3.63) is 76.3 Å². The van der Waals surface area contributed by atoms with Crippen LogP contribution in [0.4, 0.5) is 0 Å². The lowest BCUT2D eigenvalue weighted by atomic mass is 10.1. The van der Waals surface area contributed by atoms with Crippen molar-refractivity contribution in [2.75, 3.05) is 35.5 Å². The van der Waals surface area contributed by atoms with E-state index in [2.05, 4.69) is 29.6 Å². The molecule has 5 nitrogen and oxygen atoms in total. The lowest BCUT2D eigenvalue weighted by Gasteiger charge is -2.12. The maximum absolute atomic E-state index is 5.66.